The predicted octanol–water partition coefficient (Wildman–Crippen LogP) is 5.68. The SMILES string of the molecule is CCOc1cccc2sc(N(Cc3cccnc3)C(=O)c3cc4ccccc4o3)nc12. The van der Waals surface area contributed by atoms with Crippen LogP contribution in [0.5, 0.6) is 5.75 Å². The first-order valence-electron chi connectivity index (χ1n) is 9.94. The summed E-state index contributed by atoms with van der Waals surface area (Å²) in [6, 6.07) is 18.9. The van der Waals surface area contributed by atoms with Crippen LogP contribution in [0.15, 0.2) is 77.5 Å². The van der Waals surface area contributed by atoms with Crippen LogP contribution in [0.25, 0.3) is 21.2 Å². The molecule has 0 N–H and O–H groups in total. The van der Waals surface area contributed by atoms with Gasteiger partial charge in [-0.15, -0.1) is 0 Å². The third-order valence-electron chi connectivity index (χ3n) is 4.85. The molecule has 0 radical (unpaired) electrons. The molecule has 3 aromatic heterocycles. The molecule has 3 heterocycles. The van der Waals surface area contributed by atoms with Gasteiger partial charge in [-0.2, -0.15) is 0 Å². The van der Waals surface area contributed by atoms with E-state index in [4.69, 9.17) is 14.1 Å². The average molecular weight is 430 g/mol. The summed E-state index contributed by atoms with van der Waals surface area (Å²) in [6.45, 7) is 2.81. The molecule has 0 saturated carbocycles. The first kappa shape index (κ1) is 19.3. The van der Waals surface area contributed by atoms with Crippen molar-refractivity contribution in [2.24, 2.45) is 0 Å². The van der Waals surface area contributed by atoms with Crippen LogP contribution in [0.1, 0.15) is 23.0 Å². The fourth-order valence-corrected chi connectivity index (χ4v) is 4.40. The molecule has 0 aliphatic carbocycles. The van der Waals surface area contributed by atoms with Gasteiger partial charge < -0.3 is 9.15 Å². The molecule has 154 valence electrons. The summed E-state index contributed by atoms with van der Waals surface area (Å²) in [5, 5.41) is 1.46. The summed E-state index contributed by atoms with van der Waals surface area (Å²) in [5.41, 5.74) is 2.32. The molecule has 1 amide bonds. The number of furan rings is 1. The lowest BCUT2D eigenvalue weighted by Gasteiger charge is -2.18. The number of rotatable bonds is 6. The van der Waals surface area contributed by atoms with Crippen LogP contribution in [-0.4, -0.2) is 22.5 Å². The van der Waals surface area contributed by atoms with E-state index in [0.717, 1.165) is 21.2 Å². The van der Waals surface area contributed by atoms with E-state index in [0.29, 0.717) is 29.6 Å². The van der Waals surface area contributed by atoms with Crippen molar-refractivity contribution >= 4 is 43.6 Å². The third kappa shape index (κ3) is 3.75. The number of thiazole rings is 1. The van der Waals surface area contributed by atoms with Gasteiger partial charge in [0.1, 0.15) is 16.8 Å². The zero-order chi connectivity index (χ0) is 21.2. The van der Waals surface area contributed by atoms with Crippen LogP contribution in [-0.2, 0) is 6.54 Å². The standard InChI is InChI=1S/C24H19N3O3S/c1-2-29-19-10-5-11-21-22(19)26-24(31-21)27(15-16-7-6-12-25-14-16)23(28)20-13-17-8-3-4-9-18(17)30-20/h3-14H,2,15H2,1H3. The van der Waals surface area contributed by atoms with Gasteiger partial charge in [-0.1, -0.05) is 41.7 Å². The number of hydrogen-bond donors (Lipinski definition) is 0. The minimum atomic E-state index is -0.253. The summed E-state index contributed by atoms with van der Waals surface area (Å²) >= 11 is 1.45. The molecule has 0 aliphatic heterocycles. The van der Waals surface area contributed by atoms with Crippen molar-refractivity contribution < 1.29 is 13.9 Å². The highest BCUT2D eigenvalue weighted by Crippen LogP contribution is 2.35. The Bertz CT molecular complexity index is 1330. The second-order valence-electron chi connectivity index (χ2n) is 6.93. The second-order valence-corrected chi connectivity index (χ2v) is 7.94. The number of pyridine rings is 1. The highest BCUT2D eigenvalue weighted by Gasteiger charge is 2.25. The van der Waals surface area contributed by atoms with E-state index < -0.39 is 0 Å². The number of aromatic nitrogens is 2. The van der Waals surface area contributed by atoms with E-state index in [1.165, 1.54) is 11.3 Å². The van der Waals surface area contributed by atoms with E-state index in [1.54, 1.807) is 23.4 Å². The minimum Gasteiger partial charge on any atom is -0.492 e. The summed E-state index contributed by atoms with van der Waals surface area (Å²) in [5.74, 6) is 0.728. The normalized spacial score (nSPS) is 11.1. The molecule has 0 aliphatic rings. The Morgan fingerprint density at radius 1 is 1.13 bits per heavy atom. The van der Waals surface area contributed by atoms with Gasteiger partial charge in [0.15, 0.2) is 10.9 Å². The zero-order valence-electron chi connectivity index (χ0n) is 16.8. The Labute approximate surface area is 182 Å². The summed E-state index contributed by atoms with van der Waals surface area (Å²) in [4.78, 5) is 24.1. The molecule has 31 heavy (non-hydrogen) atoms. The van der Waals surface area contributed by atoms with Gasteiger partial charge in [-0.05, 0) is 42.8 Å². The van der Waals surface area contributed by atoms with Gasteiger partial charge >= 0.3 is 0 Å². The topological polar surface area (TPSA) is 68.5 Å². The van der Waals surface area contributed by atoms with Gasteiger partial charge in [-0.3, -0.25) is 14.7 Å². The number of benzene rings is 2. The van der Waals surface area contributed by atoms with Crippen molar-refractivity contribution in [3.05, 3.63) is 84.4 Å². The number of para-hydroxylation sites is 2. The Morgan fingerprint density at radius 2 is 2.03 bits per heavy atom. The molecular formula is C24H19N3O3S. The molecule has 5 rings (SSSR count). The molecule has 0 atom stereocenters. The van der Waals surface area contributed by atoms with E-state index >= 15 is 0 Å². The Hall–Kier alpha value is -3.71. The fourth-order valence-electron chi connectivity index (χ4n) is 3.42. The van der Waals surface area contributed by atoms with Crippen LogP contribution in [0.2, 0.25) is 0 Å². The van der Waals surface area contributed by atoms with Crippen LogP contribution < -0.4 is 9.64 Å². The summed E-state index contributed by atoms with van der Waals surface area (Å²) in [6.07, 6.45) is 3.46. The number of carbonyl (C=O) groups is 1. The van der Waals surface area contributed by atoms with Crippen molar-refractivity contribution in [3.8, 4) is 5.75 Å². The van der Waals surface area contributed by atoms with Crippen molar-refractivity contribution in [2.75, 3.05) is 11.5 Å². The Kier molecular flexibility index (Phi) is 5.09. The number of nitrogens with zero attached hydrogens (tertiary/aromatic N) is 3. The number of anilines is 1. The van der Waals surface area contributed by atoms with Gasteiger partial charge in [0.05, 0.1) is 17.9 Å². The van der Waals surface area contributed by atoms with Crippen LogP contribution in [0.3, 0.4) is 0 Å². The molecular weight excluding hydrogens is 410 g/mol. The summed E-state index contributed by atoms with van der Waals surface area (Å²) < 4.78 is 12.5. The number of hydrogen-bond acceptors (Lipinski definition) is 6. The molecule has 7 heteroatoms. The van der Waals surface area contributed by atoms with Gasteiger partial charge in [0, 0.05) is 17.8 Å². The number of ether oxygens (including phenoxy) is 1. The highest BCUT2D eigenvalue weighted by molar-refractivity contribution is 7.22. The maximum absolute atomic E-state index is 13.6. The quantitative estimate of drug-likeness (QED) is 0.347. The molecule has 0 unspecified atom stereocenters. The maximum Gasteiger partial charge on any atom is 0.296 e. The lowest BCUT2D eigenvalue weighted by molar-refractivity contribution is 0.0960. The molecule has 0 bridgehead atoms. The van der Waals surface area contributed by atoms with E-state index in [-0.39, 0.29) is 11.7 Å². The minimum absolute atomic E-state index is 0.253. The second kappa shape index (κ2) is 8.20. The first-order valence-corrected chi connectivity index (χ1v) is 10.8. The first-order chi connectivity index (χ1) is 15.2. The molecule has 2 aromatic carbocycles. The van der Waals surface area contributed by atoms with Crippen molar-refractivity contribution in [1.82, 2.24) is 9.97 Å². The van der Waals surface area contributed by atoms with E-state index in [9.17, 15) is 4.79 Å². The van der Waals surface area contributed by atoms with Crippen molar-refractivity contribution in [1.29, 1.82) is 0 Å². The Morgan fingerprint density at radius 3 is 2.84 bits per heavy atom. The van der Waals surface area contributed by atoms with Crippen molar-refractivity contribution in [2.45, 2.75) is 13.5 Å². The molecule has 6 nitrogen and oxygen atoms in total. The molecule has 5 aromatic rings. The van der Waals surface area contributed by atoms with Gasteiger partial charge in [0.2, 0.25) is 0 Å². The van der Waals surface area contributed by atoms with Gasteiger partial charge in [0.25, 0.3) is 5.91 Å². The Balaban J connectivity index is 1.59. The lowest BCUT2D eigenvalue weighted by Crippen LogP contribution is -2.30. The van der Waals surface area contributed by atoms with Crippen LogP contribution in [0.4, 0.5) is 5.13 Å². The van der Waals surface area contributed by atoms with Crippen molar-refractivity contribution in [3.63, 3.8) is 0 Å². The molecule has 0 fully saturated rings. The predicted molar refractivity (Wildman–Crippen MR) is 122 cm³/mol. The molecule has 0 spiro atoms. The number of fused-ring (bicyclic) bond motifs is 2. The van der Waals surface area contributed by atoms with Crippen LogP contribution in [0, 0.1) is 0 Å². The highest BCUT2D eigenvalue weighted by atomic mass is 32.1. The maximum atomic E-state index is 13.6. The number of amides is 1. The lowest BCUT2D eigenvalue weighted by atomic mass is 10.2. The largest absolute Gasteiger partial charge is 0.492 e. The average Bonchev–Trinajstić information content (AvgIpc) is 3.43. The van der Waals surface area contributed by atoms with Crippen LogP contribution >= 0.6 is 11.3 Å². The third-order valence-corrected chi connectivity index (χ3v) is 5.89. The number of carbonyl (C=O) groups excluding carboxylic acids is 1. The smallest absolute Gasteiger partial charge is 0.296 e. The van der Waals surface area contributed by atoms with E-state index in [1.807, 2.05) is 61.5 Å². The summed E-state index contributed by atoms with van der Waals surface area (Å²) in [7, 11) is 0. The van der Waals surface area contributed by atoms with Gasteiger partial charge in [-0.25, -0.2) is 4.98 Å². The molecule has 0 saturated heterocycles. The zero-order valence-corrected chi connectivity index (χ0v) is 17.6. The monoisotopic (exact) mass is 429 g/mol. The fraction of sp³-hybridized carbons (Fsp3) is 0.125. The van der Waals surface area contributed by atoms with E-state index in [2.05, 4.69) is 4.98 Å².